The number of hydrogen-bond acceptors (Lipinski definition) is 3. The topological polar surface area (TPSA) is 62.2 Å². The van der Waals surface area contributed by atoms with E-state index in [1.807, 2.05) is 26.8 Å². The van der Waals surface area contributed by atoms with E-state index >= 15 is 0 Å². The van der Waals surface area contributed by atoms with Crippen molar-refractivity contribution >= 4 is 11.7 Å². The lowest BCUT2D eigenvalue weighted by Crippen LogP contribution is -2.30. The Bertz CT molecular complexity index is 364. The lowest BCUT2D eigenvalue weighted by molar-refractivity contribution is -0.138. The number of carbonyl (C=O) groups is 1. The Morgan fingerprint density at radius 1 is 1.56 bits per heavy atom. The van der Waals surface area contributed by atoms with Crippen LogP contribution in [0, 0.1) is 12.8 Å². The molecular formula is C12H18N2O2. The van der Waals surface area contributed by atoms with Gasteiger partial charge < -0.3 is 10.4 Å². The van der Waals surface area contributed by atoms with Gasteiger partial charge >= 0.3 is 5.97 Å². The first-order valence-electron chi connectivity index (χ1n) is 5.41. The summed E-state index contributed by atoms with van der Waals surface area (Å²) in [6, 6.07) is 3.08. The van der Waals surface area contributed by atoms with E-state index in [1.165, 1.54) is 0 Å². The van der Waals surface area contributed by atoms with Gasteiger partial charge in [0, 0.05) is 17.6 Å². The maximum Gasteiger partial charge on any atom is 0.326 e. The number of aliphatic carboxylic acids is 1. The summed E-state index contributed by atoms with van der Waals surface area (Å²) in [6.07, 6.45) is 2.28. The highest BCUT2D eigenvalue weighted by molar-refractivity contribution is 5.77. The monoisotopic (exact) mass is 222 g/mol. The van der Waals surface area contributed by atoms with Gasteiger partial charge in [-0.05, 0) is 31.4 Å². The van der Waals surface area contributed by atoms with Crippen molar-refractivity contribution in [3.8, 4) is 0 Å². The zero-order chi connectivity index (χ0) is 12.1. The first-order chi connectivity index (χ1) is 7.49. The Balaban J connectivity index is 2.71. The van der Waals surface area contributed by atoms with E-state index in [0.717, 1.165) is 11.4 Å². The van der Waals surface area contributed by atoms with Crippen molar-refractivity contribution in [2.75, 3.05) is 5.32 Å². The largest absolute Gasteiger partial charge is 0.480 e. The molecule has 1 aromatic heterocycles. The summed E-state index contributed by atoms with van der Waals surface area (Å²) >= 11 is 0. The number of anilines is 1. The summed E-state index contributed by atoms with van der Waals surface area (Å²) < 4.78 is 0. The van der Waals surface area contributed by atoms with Gasteiger partial charge in [-0.15, -0.1) is 0 Å². The minimum atomic E-state index is -0.817. The van der Waals surface area contributed by atoms with Crippen molar-refractivity contribution in [2.45, 2.75) is 33.2 Å². The number of aryl methyl sites for hydroxylation is 1. The fourth-order valence-corrected chi connectivity index (χ4v) is 1.53. The molecule has 0 aliphatic carbocycles. The van der Waals surface area contributed by atoms with Gasteiger partial charge in [0.05, 0.1) is 0 Å². The Labute approximate surface area is 95.7 Å². The minimum absolute atomic E-state index is 0.344. The fraction of sp³-hybridized carbons (Fsp3) is 0.500. The lowest BCUT2D eigenvalue weighted by atomic mass is 10.0. The Morgan fingerprint density at radius 2 is 2.25 bits per heavy atom. The molecule has 0 spiro atoms. The summed E-state index contributed by atoms with van der Waals surface area (Å²) in [5.74, 6) is -0.473. The highest BCUT2D eigenvalue weighted by Gasteiger charge is 2.18. The number of hydrogen-bond donors (Lipinski definition) is 2. The van der Waals surface area contributed by atoms with Gasteiger partial charge in [-0.1, -0.05) is 13.8 Å². The number of carboxylic acid groups (broad SMARTS) is 1. The molecule has 0 aliphatic heterocycles. The van der Waals surface area contributed by atoms with E-state index in [2.05, 4.69) is 10.3 Å². The van der Waals surface area contributed by atoms with Crippen molar-refractivity contribution in [1.29, 1.82) is 0 Å². The van der Waals surface area contributed by atoms with Crippen LogP contribution in [-0.2, 0) is 4.79 Å². The van der Waals surface area contributed by atoms with Crippen molar-refractivity contribution < 1.29 is 9.90 Å². The molecular weight excluding hydrogens is 204 g/mol. The van der Waals surface area contributed by atoms with Crippen LogP contribution in [0.1, 0.15) is 26.0 Å². The average molecular weight is 222 g/mol. The molecule has 1 heterocycles. The number of rotatable bonds is 5. The van der Waals surface area contributed by atoms with Crippen LogP contribution in [0.2, 0.25) is 0 Å². The van der Waals surface area contributed by atoms with Crippen LogP contribution in [-0.4, -0.2) is 22.1 Å². The normalized spacial score (nSPS) is 12.5. The number of aromatic nitrogens is 1. The molecule has 1 atom stereocenters. The lowest BCUT2D eigenvalue weighted by Gasteiger charge is -2.17. The molecule has 0 radical (unpaired) electrons. The molecule has 88 valence electrons. The molecule has 1 rings (SSSR count). The highest BCUT2D eigenvalue weighted by Crippen LogP contribution is 2.13. The third-order valence-corrected chi connectivity index (χ3v) is 2.24. The Hall–Kier alpha value is -1.58. The van der Waals surface area contributed by atoms with E-state index in [1.54, 1.807) is 12.3 Å². The van der Waals surface area contributed by atoms with E-state index in [0.29, 0.717) is 12.3 Å². The minimum Gasteiger partial charge on any atom is -0.480 e. The third kappa shape index (κ3) is 3.88. The number of carboxylic acids is 1. The molecule has 0 fully saturated rings. The van der Waals surface area contributed by atoms with E-state index in [-0.39, 0.29) is 0 Å². The molecule has 16 heavy (non-hydrogen) atoms. The van der Waals surface area contributed by atoms with Crippen LogP contribution in [0.4, 0.5) is 5.69 Å². The fourth-order valence-electron chi connectivity index (χ4n) is 1.53. The first kappa shape index (κ1) is 12.5. The number of nitrogens with one attached hydrogen (secondary N) is 1. The van der Waals surface area contributed by atoms with Crippen molar-refractivity contribution in [2.24, 2.45) is 5.92 Å². The van der Waals surface area contributed by atoms with Crippen molar-refractivity contribution in [1.82, 2.24) is 4.98 Å². The quantitative estimate of drug-likeness (QED) is 0.802. The van der Waals surface area contributed by atoms with Crippen LogP contribution in [0.3, 0.4) is 0 Å². The second-order valence-corrected chi connectivity index (χ2v) is 4.35. The second kappa shape index (κ2) is 5.49. The Kier molecular flexibility index (Phi) is 4.28. The predicted molar refractivity (Wildman–Crippen MR) is 63.5 cm³/mol. The molecule has 0 bridgehead atoms. The SMILES string of the molecule is Cc1cc(N[C@H](CC(C)C)C(=O)O)ccn1. The van der Waals surface area contributed by atoms with E-state index < -0.39 is 12.0 Å². The molecule has 4 nitrogen and oxygen atoms in total. The molecule has 0 saturated carbocycles. The van der Waals surface area contributed by atoms with Gasteiger partial charge in [0.15, 0.2) is 0 Å². The molecule has 0 amide bonds. The van der Waals surface area contributed by atoms with Crippen LogP contribution in [0.25, 0.3) is 0 Å². The predicted octanol–water partition coefficient (Wildman–Crippen LogP) is 2.30. The summed E-state index contributed by atoms with van der Waals surface area (Å²) in [7, 11) is 0. The van der Waals surface area contributed by atoms with Crippen LogP contribution in [0.5, 0.6) is 0 Å². The maximum absolute atomic E-state index is 11.0. The second-order valence-electron chi connectivity index (χ2n) is 4.35. The van der Waals surface area contributed by atoms with Gasteiger partial charge in [0.1, 0.15) is 6.04 Å². The zero-order valence-electron chi connectivity index (χ0n) is 9.90. The van der Waals surface area contributed by atoms with E-state index in [9.17, 15) is 4.79 Å². The molecule has 1 aromatic rings. The number of pyridine rings is 1. The number of nitrogens with zero attached hydrogens (tertiary/aromatic N) is 1. The summed E-state index contributed by atoms with van der Waals surface area (Å²) in [5, 5.41) is 12.1. The van der Waals surface area contributed by atoms with Crippen LogP contribution in [0.15, 0.2) is 18.3 Å². The summed E-state index contributed by atoms with van der Waals surface area (Å²) in [5.41, 5.74) is 1.68. The van der Waals surface area contributed by atoms with Gasteiger partial charge in [0.2, 0.25) is 0 Å². The first-order valence-corrected chi connectivity index (χ1v) is 5.41. The molecule has 0 aromatic carbocycles. The summed E-state index contributed by atoms with van der Waals surface area (Å²) in [4.78, 5) is 15.1. The van der Waals surface area contributed by atoms with Crippen LogP contribution >= 0.6 is 0 Å². The van der Waals surface area contributed by atoms with Gasteiger partial charge in [0.25, 0.3) is 0 Å². The van der Waals surface area contributed by atoms with E-state index in [4.69, 9.17) is 5.11 Å². The molecule has 0 aliphatic rings. The smallest absolute Gasteiger partial charge is 0.326 e. The maximum atomic E-state index is 11.0. The third-order valence-electron chi connectivity index (χ3n) is 2.24. The van der Waals surface area contributed by atoms with Gasteiger partial charge in [-0.25, -0.2) is 4.79 Å². The van der Waals surface area contributed by atoms with Crippen molar-refractivity contribution in [3.63, 3.8) is 0 Å². The Morgan fingerprint density at radius 3 is 2.75 bits per heavy atom. The standard InChI is InChI=1S/C12H18N2O2/c1-8(2)6-11(12(15)16)14-10-4-5-13-9(3)7-10/h4-5,7-8,11H,6H2,1-3H3,(H,13,14)(H,15,16)/t11-/m1/s1. The molecule has 0 unspecified atom stereocenters. The average Bonchev–Trinajstić information content (AvgIpc) is 2.15. The van der Waals surface area contributed by atoms with Gasteiger partial charge in [-0.3, -0.25) is 4.98 Å². The molecule has 4 heteroatoms. The van der Waals surface area contributed by atoms with Crippen molar-refractivity contribution in [3.05, 3.63) is 24.0 Å². The molecule has 2 N–H and O–H groups in total. The zero-order valence-corrected chi connectivity index (χ0v) is 9.90. The summed E-state index contributed by atoms with van der Waals surface area (Å²) in [6.45, 7) is 5.90. The highest BCUT2D eigenvalue weighted by atomic mass is 16.4. The van der Waals surface area contributed by atoms with Gasteiger partial charge in [-0.2, -0.15) is 0 Å². The van der Waals surface area contributed by atoms with Crippen LogP contribution < -0.4 is 5.32 Å². The molecule has 0 saturated heterocycles.